The Bertz CT molecular complexity index is 1360. The van der Waals surface area contributed by atoms with Crippen molar-refractivity contribution >= 4 is 17.9 Å². The standard InChI is InChI=1S/C70H126O6/c1-4-7-10-13-16-19-22-25-27-28-29-30-31-32-33-34-35-36-37-38-39-40-41-42-44-45-48-51-54-57-60-63-69(72)75-66-67(65-74-68(71)62-59-56-53-50-47-24-21-18-15-12-9-6-3)76-70(73)64-61-58-55-52-49-46-43-26-23-20-17-14-11-8-5-2/h8,11,17,20,26,28-29,43,49,52,67H,4-7,9-10,12-16,18-19,21-25,27,30-42,44-48,50-51,53-66H2,1-3H3/b11-8-,20-17-,29-28-,43-26-,52-49-. The molecule has 0 saturated heterocycles. The third-order valence-electron chi connectivity index (χ3n) is 14.8. The fourth-order valence-electron chi connectivity index (χ4n) is 9.79. The van der Waals surface area contributed by atoms with Crippen LogP contribution in [0.4, 0.5) is 0 Å². The summed E-state index contributed by atoms with van der Waals surface area (Å²) in [4.78, 5) is 38.2. The summed E-state index contributed by atoms with van der Waals surface area (Å²) in [6.45, 7) is 6.53. The molecule has 0 saturated carbocycles. The van der Waals surface area contributed by atoms with E-state index < -0.39 is 6.10 Å². The van der Waals surface area contributed by atoms with Gasteiger partial charge in [-0.05, 0) is 83.5 Å². The summed E-state index contributed by atoms with van der Waals surface area (Å²) in [7, 11) is 0. The Labute approximate surface area is 472 Å². The molecule has 0 spiro atoms. The molecule has 76 heavy (non-hydrogen) atoms. The zero-order valence-electron chi connectivity index (χ0n) is 50.8. The summed E-state index contributed by atoms with van der Waals surface area (Å²) in [5.74, 6) is -0.911. The molecule has 442 valence electrons. The van der Waals surface area contributed by atoms with E-state index in [1.807, 2.05) is 0 Å². The van der Waals surface area contributed by atoms with Crippen molar-refractivity contribution in [2.24, 2.45) is 0 Å². The van der Waals surface area contributed by atoms with Gasteiger partial charge >= 0.3 is 17.9 Å². The SMILES string of the molecule is CC/C=C\C/C=C\C/C=C\C/C=C\CCCCC(=O)OC(COC(=O)CCCCCCCCCCCCCC)COC(=O)CCCCCCCCCCCCCCCCCCCCC/C=C\CCCCCCCCCC. The highest BCUT2D eigenvalue weighted by Gasteiger charge is 2.19. The van der Waals surface area contributed by atoms with Gasteiger partial charge in [0.05, 0.1) is 0 Å². The highest BCUT2D eigenvalue weighted by Crippen LogP contribution is 2.18. The predicted octanol–water partition coefficient (Wildman–Crippen LogP) is 22.7. The lowest BCUT2D eigenvalue weighted by molar-refractivity contribution is -0.167. The molecule has 1 atom stereocenters. The quantitative estimate of drug-likeness (QED) is 0.0261. The lowest BCUT2D eigenvalue weighted by Crippen LogP contribution is -2.30. The van der Waals surface area contributed by atoms with Crippen molar-refractivity contribution in [1.82, 2.24) is 0 Å². The minimum atomic E-state index is -0.793. The minimum absolute atomic E-state index is 0.0868. The second-order valence-corrected chi connectivity index (χ2v) is 22.4. The van der Waals surface area contributed by atoms with E-state index in [0.717, 1.165) is 77.0 Å². The third kappa shape index (κ3) is 62.0. The maximum absolute atomic E-state index is 12.9. The number of ether oxygens (including phenoxy) is 3. The highest BCUT2D eigenvalue weighted by atomic mass is 16.6. The Kier molecular flexibility index (Phi) is 62.2. The van der Waals surface area contributed by atoms with Crippen LogP contribution in [0, 0.1) is 0 Å². The molecule has 0 aromatic carbocycles. The van der Waals surface area contributed by atoms with Crippen LogP contribution >= 0.6 is 0 Å². The Morgan fingerprint density at radius 3 is 0.842 bits per heavy atom. The van der Waals surface area contributed by atoms with E-state index >= 15 is 0 Å². The van der Waals surface area contributed by atoms with Gasteiger partial charge in [-0.1, -0.05) is 306 Å². The van der Waals surface area contributed by atoms with Crippen LogP contribution in [0.15, 0.2) is 60.8 Å². The molecule has 1 unspecified atom stereocenters. The number of carbonyl (C=O) groups excluding carboxylic acids is 3. The fraction of sp³-hybridized carbons (Fsp3) is 0.814. The Hall–Kier alpha value is -2.89. The van der Waals surface area contributed by atoms with Crippen LogP contribution in [-0.4, -0.2) is 37.2 Å². The molecule has 0 aromatic heterocycles. The van der Waals surface area contributed by atoms with Crippen molar-refractivity contribution in [3.05, 3.63) is 60.8 Å². The second-order valence-electron chi connectivity index (χ2n) is 22.4. The molecular weight excluding hydrogens is 937 g/mol. The lowest BCUT2D eigenvalue weighted by Gasteiger charge is -2.18. The van der Waals surface area contributed by atoms with Gasteiger partial charge in [-0.25, -0.2) is 0 Å². The van der Waals surface area contributed by atoms with Gasteiger partial charge in [-0.2, -0.15) is 0 Å². The fourth-order valence-corrected chi connectivity index (χ4v) is 9.79. The number of rotatable bonds is 61. The molecule has 0 radical (unpaired) electrons. The van der Waals surface area contributed by atoms with Crippen molar-refractivity contribution < 1.29 is 28.6 Å². The van der Waals surface area contributed by atoms with Crippen molar-refractivity contribution in [1.29, 1.82) is 0 Å². The highest BCUT2D eigenvalue weighted by molar-refractivity contribution is 5.71. The first-order valence-corrected chi connectivity index (χ1v) is 33.3. The molecule has 6 heteroatoms. The molecule has 0 bridgehead atoms. The average Bonchev–Trinajstić information content (AvgIpc) is 3.42. The van der Waals surface area contributed by atoms with E-state index in [2.05, 4.69) is 81.5 Å². The molecule has 0 aliphatic carbocycles. The van der Waals surface area contributed by atoms with Crippen LogP contribution in [0.2, 0.25) is 0 Å². The van der Waals surface area contributed by atoms with Crippen LogP contribution < -0.4 is 0 Å². The zero-order valence-corrected chi connectivity index (χ0v) is 50.8. The first-order chi connectivity index (χ1) is 37.5. The van der Waals surface area contributed by atoms with E-state index in [-0.39, 0.29) is 37.5 Å². The molecule has 0 rings (SSSR count). The maximum atomic E-state index is 12.9. The van der Waals surface area contributed by atoms with E-state index in [1.165, 1.54) is 225 Å². The number of hydrogen-bond acceptors (Lipinski definition) is 6. The summed E-state index contributed by atoms with van der Waals surface area (Å²) < 4.78 is 16.9. The summed E-state index contributed by atoms with van der Waals surface area (Å²) in [5, 5.41) is 0. The molecular formula is C70H126O6. The van der Waals surface area contributed by atoms with Crippen molar-refractivity contribution in [2.75, 3.05) is 13.2 Å². The first kappa shape index (κ1) is 73.1. The summed E-state index contributed by atoms with van der Waals surface area (Å²) in [6, 6.07) is 0. The number of unbranched alkanes of at least 4 members (excludes halogenated alkanes) is 40. The summed E-state index contributed by atoms with van der Waals surface area (Å²) in [5.41, 5.74) is 0. The van der Waals surface area contributed by atoms with Crippen molar-refractivity contribution in [3.63, 3.8) is 0 Å². The molecule has 0 amide bonds. The number of carbonyl (C=O) groups is 3. The normalized spacial score (nSPS) is 12.4. The van der Waals surface area contributed by atoms with Crippen LogP contribution in [0.1, 0.15) is 348 Å². The van der Waals surface area contributed by atoms with E-state index in [1.54, 1.807) is 0 Å². The largest absolute Gasteiger partial charge is 0.462 e. The number of esters is 3. The molecule has 0 aromatic rings. The van der Waals surface area contributed by atoms with Gasteiger partial charge in [0.1, 0.15) is 13.2 Å². The smallest absolute Gasteiger partial charge is 0.306 e. The number of allylic oxidation sites excluding steroid dienone is 10. The molecule has 0 fully saturated rings. The van der Waals surface area contributed by atoms with E-state index in [0.29, 0.717) is 19.3 Å². The molecule has 6 nitrogen and oxygen atoms in total. The van der Waals surface area contributed by atoms with Gasteiger partial charge < -0.3 is 14.2 Å². The maximum Gasteiger partial charge on any atom is 0.306 e. The predicted molar refractivity (Wildman–Crippen MR) is 330 cm³/mol. The lowest BCUT2D eigenvalue weighted by atomic mass is 10.0. The van der Waals surface area contributed by atoms with Gasteiger partial charge in [-0.15, -0.1) is 0 Å². The van der Waals surface area contributed by atoms with Crippen LogP contribution in [0.5, 0.6) is 0 Å². The monoisotopic (exact) mass is 1060 g/mol. The van der Waals surface area contributed by atoms with Gasteiger partial charge in [0.25, 0.3) is 0 Å². The van der Waals surface area contributed by atoms with Crippen LogP contribution in [0.25, 0.3) is 0 Å². The Morgan fingerprint density at radius 1 is 0.276 bits per heavy atom. The average molecular weight is 1060 g/mol. The van der Waals surface area contributed by atoms with Gasteiger partial charge in [0.15, 0.2) is 6.10 Å². The van der Waals surface area contributed by atoms with Gasteiger partial charge in [-0.3, -0.25) is 14.4 Å². The number of hydrogen-bond donors (Lipinski definition) is 0. The third-order valence-corrected chi connectivity index (χ3v) is 14.8. The minimum Gasteiger partial charge on any atom is -0.462 e. The Balaban J connectivity index is 4.14. The van der Waals surface area contributed by atoms with Crippen LogP contribution in [0.3, 0.4) is 0 Å². The first-order valence-electron chi connectivity index (χ1n) is 33.3. The van der Waals surface area contributed by atoms with Gasteiger partial charge in [0, 0.05) is 19.3 Å². The summed E-state index contributed by atoms with van der Waals surface area (Å²) >= 11 is 0. The second kappa shape index (κ2) is 64.6. The summed E-state index contributed by atoms with van der Waals surface area (Å²) in [6.07, 6.45) is 82.6. The molecule has 0 heterocycles. The zero-order chi connectivity index (χ0) is 55.0. The topological polar surface area (TPSA) is 78.9 Å². The van der Waals surface area contributed by atoms with Crippen LogP contribution in [-0.2, 0) is 28.6 Å². The van der Waals surface area contributed by atoms with Crippen molar-refractivity contribution in [2.45, 2.75) is 354 Å². The molecule has 0 aliphatic rings. The molecule has 0 N–H and O–H groups in total. The van der Waals surface area contributed by atoms with Crippen molar-refractivity contribution in [3.8, 4) is 0 Å². The van der Waals surface area contributed by atoms with E-state index in [4.69, 9.17) is 14.2 Å². The molecule has 0 aliphatic heterocycles. The van der Waals surface area contributed by atoms with Gasteiger partial charge in [0.2, 0.25) is 0 Å². The Morgan fingerprint density at radius 2 is 0.513 bits per heavy atom. The van der Waals surface area contributed by atoms with E-state index in [9.17, 15) is 14.4 Å².